The molecule has 0 saturated carbocycles. The van der Waals surface area contributed by atoms with Crippen LogP contribution in [0.15, 0.2) is 30.3 Å². The van der Waals surface area contributed by atoms with E-state index in [9.17, 15) is 13.2 Å². The lowest BCUT2D eigenvalue weighted by Crippen LogP contribution is -2.52. The van der Waals surface area contributed by atoms with Gasteiger partial charge in [0, 0.05) is 26.2 Å². The van der Waals surface area contributed by atoms with Gasteiger partial charge in [0.1, 0.15) is 0 Å². The maximum Gasteiger partial charge on any atom is 0.241 e. The lowest BCUT2D eigenvalue weighted by Gasteiger charge is -2.36. The Morgan fingerprint density at radius 2 is 1.91 bits per heavy atom. The third-order valence-corrected chi connectivity index (χ3v) is 6.98. The molecule has 1 aromatic carbocycles. The molecule has 0 bridgehead atoms. The molecule has 1 aliphatic heterocycles. The zero-order chi connectivity index (χ0) is 17.3. The maximum atomic E-state index is 13.0. The molecule has 0 aromatic heterocycles. The van der Waals surface area contributed by atoms with Gasteiger partial charge in [-0.2, -0.15) is 4.31 Å². The van der Waals surface area contributed by atoms with Gasteiger partial charge < -0.3 is 4.90 Å². The minimum absolute atomic E-state index is 0.376. The van der Waals surface area contributed by atoms with Crippen LogP contribution in [-0.4, -0.2) is 55.0 Å². The van der Waals surface area contributed by atoms with E-state index in [1.54, 1.807) is 18.4 Å². The Hall–Kier alpha value is -1.40. The normalized spacial score (nSPS) is 23.7. The van der Waals surface area contributed by atoms with Gasteiger partial charge in [0.2, 0.25) is 15.9 Å². The highest BCUT2D eigenvalue weighted by molar-refractivity contribution is 7.90. The van der Waals surface area contributed by atoms with Crippen LogP contribution in [0.2, 0.25) is 0 Å². The van der Waals surface area contributed by atoms with Gasteiger partial charge in [0.25, 0.3) is 0 Å². The highest BCUT2D eigenvalue weighted by atomic mass is 32.2. The number of hydrogen-bond acceptors (Lipinski definition) is 3. The first kappa shape index (κ1) is 17.9. The molecule has 1 amide bonds. The molecule has 1 aliphatic rings. The quantitative estimate of drug-likeness (QED) is 0.824. The van der Waals surface area contributed by atoms with Gasteiger partial charge in [-0.3, -0.25) is 4.79 Å². The molecule has 0 radical (unpaired) electrons. The zero-order valence-electron chi connectivity index (χ0n) is 14.3. The number of amides is 1. The number of carbonyl (C=O) groups is 1. The molecular formula is C17H26N2O3S. The molecule has 2 atom stereocenters. The second-order valence-corrected chi connectivity index (χ2v) is 8.93. The minimum atomic E-state index is -3.67. The third kappa shape index (κ3) is 3.58. The predicted molar refractivity (Wildman–Crippen MR) is 91.6 cm³/mol. The molecule has 5 nitrogen and oxygen atoms in total. The van der Waals surface area contributed by atoms with Crippen molar-refractivity contribution in [3.8, 4) is 0 Å². The fourth-order valence-corrected chi connectivity index (χ4v) is 5.33. The zero-order valence-corrected chi connectivity index (χ0v) is 15.1. The lowest BCUT2D eigenvalue weighted by atomic mass is 9.91. The summed E-state index contributed by atoms with van der Waals surface area (Å²) >= 11 is 0. The fourth-order valence-electron chi connectivity index (χ4n) is 3.33. The largest absolute Gasteiger partial charge is 0.348 e. The van der Waals surface area contributed by atoms with Crippen molar-refractivity contribution in [1.82, 2.24) is 9.21 Å². The third-order valence-electron chi connectivity index (χ3n) is 4.65. The van der Waals surface area contributed by atoms with Crippen LogP contribution in [0.3, 0.4) is 0 Å². The van der Waals surface area contributed by atoms with Gasteiger partial charge in [0.05, 0.1) is 0 Å². The first-order valence-electron chi connectivity index (χ1n) is 7.95. The van der Waals surface area contributed by atoms with Crippen LogP contribution in [0.1, 0.15) is 32.3 Å². The molecule has 6 heteroatoms. The van der Waals surface area contributed by atoms with Crippen LogP contribution in [0.5, 0.6) is 0 Å². The molecule has 0 N–H and O–H groups in total. The van der Waals surface area contributed by atoms with Crippen LogP contribution in [0.25, 0.3) is 0 Å². The first-order chi connectivity index (χ1) is 10.7. The topological polar surface area (TPSA) is 57.7 Å². The Labute approximate surface area is 139 Å². The van der Waals surface area contributed by atoms with Crippen LogP contribution in [0.4, 0.5) is 0 Å². The van der Waals surface area contributed by atoms with Crippen molar-refractivity contribution in [1.29, 1.82) is 0 Å². The summed E-state index contributed by atoms with van der Waals surface area (Å²) in [5, 5.41) is -1.05. The van der Waals surface area contributed by atoms with E-state index in [0.717, 1.165) is 18.4 Å². The highest BCUT2D eigenvalue weighted by Crippen LogP contribution is 2.36. The second-order valence-electron chi connectivity index (χ2n) is 6.75. The number of nitrogens with zero attached hydrogens (tertiary/aromatic N) is 2. The van der Waals surface area contributed by atoms with Crippen molar-refractivity contribution >= 4 is 15.9 Å². The van der Waals surface area contributed by atoms with Crippen molar-refractivity contribution in [2.75, 3.05) is 20.6 Å². The Kier molecular flexibility index (Phi) is 5.16. The SMILES string of the molecule is C[C@H](C(=O)N(C)C)S(=O)(=O)N1CCC[C@@]1(C)Cc1ccccc1. The summed E-state index contributed by atoms with van der Waals surface area (Å²) in [6.07, 6.45) is 2.30. The molecule has 1 aromatic rings. The summed E-state index contributed by atoms with van der Waals surface area (Å²) in [6, 6.07) is 9.91. The number of rotatable bonds is 5. The summed E-state index contributed by atoms with van der Waals surface area (Å²) in [5.41, 5.74) is 0.643. The van der Waals surface area contributed by atoms with E-state index in [-0.39, 0.29) is 5.91 Å². The number of benzene rings is 1. The van der Waals surface area contributed by atoms with E-state index in [1.807, 2.05) is 37.3 Å². The Bertz CT molecular complexity index is 658. The van der Waals surface area contributed by atoms with Gasteiger partial charge in [-0.05, 0) is 38.7 Å². The molecule has 2 rings (SSSR count). The van der Waals surface area contributed by atoms with Gasteiger partial charge in [-0.1, -0.05) is 30.3 Å². The molecule has 23 heavy (non-hydrogen) atoms. The Balaban J connectivity index is 2.28. The Morgan fingerprint density at radius 3 is 2.48 bits per heavy atom. The summed E-state index contributed by atoms with van der Waals surface area (Å²) < 4.78 is 27.5. The number of carbonyl (C=O) groups excluding carboxylic acids is 1. The summed E-state index contributed by atoms with van der Waals surface area (Å²) in [5.74, 6) is -0.376. The Morgan fingerprint density at radius 1 is 1.30 bits per heavy atom. The van der Waals surface area contributed by atoms with Gasteiger partial charge >= 0.3 is 0 Å². The van der Waals surface area contributed by atoms with Crippen molar-refractivity contribution in [3.63, 3.8) is 0 Å². The van der Waals surface area contributed by atoms with E-state index >= 15 is 0 Å². The number of sulfonamides is 1. The highest BCUT2D eigenvalue weighted by Gasteiger charge is 2.47. The monoisotopic (exact) mass is 338 g/mol. The molecule has 1 heterocycles. The van der Waals surface area contributed by atoms with Crippen LogP contribution < -0.4 is 0 Å². The average molecular weight is 338 g/mol. The van der Waals surface area contributed by atoms with Crippen LogP contribution >= 0.6 is 0 Å². The predicted octanol–water partition coefficient (Wildman–Crippen LogP) is 1.89. The van der Waals surface area contributed by atoms with E-state index in [1.165, 1.54) is 11.8 Å². The summed E-state index contributed by atoms with van der Waals surface area (Å²) in [6.45, 7) is 3.95. The summed E-state index contributed by atoms with van der Waals surface area (Å²) in [7, 11) is -0.499. The lowest BCUT2D eigenvalue weighted by molar-refractivity contribution is -0.128. The minimum Gasteiger partial charge on any atom is -0.348 e. The van der Waals surface area contributed by atoms with Crippen LogP contribution in [-0.2, 0) is 21.2 Å². The van der Waals surface area contributed by atoms with Gasteiger partial charge in [-0.25, -0.2) is 8.42 Å². The molecule has 0 spiro atoms. The van der Waals surface area contributed by atoms with Crippen molar-refractivity contribution in [3.05, 3.63) is 35.9 Å². The molecule has 0 unspecified atom stereocenters. The molecular weight excluding hydrogens is 312 g/mol. The smallest absolute Gasteiger partial charge is 0.241 e. The van der Waals surface area contributed by atoms with E-state index in [2.05, 4.69) is 0 Å². The standard InChI is InChI=1S/C17H26N2O3S/c1-14(16(20)18(3)4)23(21,22)19-12-8-11-17(19,2)13-15-9-6-5-7-10-15/h5-7,9-10,14H,8,11-13H2,1-4H3/t14-,17+/m1/s1. The summed E-state index contributed by atoms with van der Waals surface area (Å²) in [4.78, 5) is 13.5. The molecule has 1 saturated heterocycles. The number of hydrogen-bond donors (Lipinski definition) is 0. The van der Waals surface area contributed by atoms with Gasteiger partial charge in [0.15, 0.2) is 5.25 Å². The van der Waals surface area contributed by atoms with E-state index in [4.69, 9.17) is 0 Å². The van der Waals surface area contributed by atoms with Crippen molar-refractivity contribution in [2.24, 2.45) is 0 Å². The van der Waals surface area contributed by atoms with Gasteiger partial charge in [-0.15, -0.1) is 0 Å². The van der Waals surface area contributed by atoms with Crippen molar-refractivity contribution < 1.29 is 13.2 Å². The van der Waals surface area contributed by atoms with E-state index in [0.29, 0.717) is 13.0 Å². The van der Waals surface area contributed by atoms with Crippen molar-refractivity contribution in [2.45, 2.75) is 43.9 Å². The average Bonchev–Trinajstić information content (AvgIpc) is 2.88. The molecule has 128 valence electrons. The second kappa shape index (κ2) is 6.61. The fraction of sp³-hybridized carbons (Fsp3) is 0.588. The molecule has 0 aliphatic carbocycles. The van der Waals surface area contributed by atoms with E-state index < -0.39 is 20.8 Å². The molecule has 1 fully saturated rings. The van der Waals surface area contributed by atoms with Crippen LogP contribution in [0, 0.1) is 0 Å². The maximum absolute atomic E-state index is 13.0. The first-order valence-corrected chi connectivity index (χ1v) is 9.45.